The summed E-state index contributed by atoms with van der Waals surface area (Å²) >= 11 is 1.60. The quantitative estimate of drug-likeness (QED) is 0.577. The van der Waals surface area contributed by atoms with Gasteiger partial charge in [0.2, 0.25) is 0 Å². The zero-order valence-electron chi connectivity index (χ0n) is 13.5. The molecule has 1 fully saturated rings. The molecule has 4 nitrogen and oxygen atoms in total. The molecular formula is C16H28N4S. The van der Waals surface area contributed by atoms with Crippen LogP contribution in [-0.4, -0.2) is 28.8 Å². The van der Waals surface area contributed by atoms with Gasteiger partial charge >= 0.3 is 0 Å². The first-order valence-corrected chi connectivity index (χ1v) is 9.42. The minimum Gasteiger partial charge on any atom is -0.370 e. The van der Waals surface area contributed by atoms with Crippen molar-refractivity contribution in [2.75, 3.05) is 23.4 Å². The van der Waals surface area contributed by atoms with E-state index in [9.17, 15) is 0 Å². The molecule has 0 bridgehead atoms. The van der Waals surface area contributed by atoms with Crippen LogP contribution in [-0.2, 0) is 0 Å². The zero-order valence-corrected chi connectivity index (χ0v) is 14.3. The van der Waals surface area contributed by atoms with Gasteiger partial charge in [-0.3, -0.25) is 0 Å². The summed E-state index contributed by atoms with van der Waals surface area (Å²) < 4.78 is 0. The number of nitrogens with zero attached hydrogens (tertiary/aromatic N) is 2. The van der Waals surface area contributed by atoms with Gasteiger partial charge < -0.3 is 10.6 Å². The van der Waals surface area contributed by atoms with Crippen LogP contribution in [0.1, 0.15) is 52.4 Å². The van der Waals surface area contributed by atoms with Crippen LogP contribution in [0, 0.1) is 5.92 Å². The van der Waals surface area contributed by atoms with E-state index in [0.29, 0.717) is 6.04 Å². The van der Waals surface area contributed by atoms with Crippen LogP contribution >= 0.6 is 11.8 Å². The Hall–Kier alpha value is -0.970. The Kier molecular flexibility index (Phi) is 6.61. The van der Waals surface area contributed by atoms with Crippen molar-refractivity contribution in [2.45, 2.75) is 63.6 Å². The second-order valence-electron chi connectivity index (χ2n) is 5.76. The molecule has 5 heteroatoms. The van der Waals surface area contributed by atoms with Crippen LogP contribution in [0.25, 0.3) is 0 Å². The number of thioether (sulfide) groups is 1. The van der Waals surface area contributed by atoms with E-state index in [1.54, 1.807) is 11.8 Å². The highest BCUT2D eigenvalue weighted by molar-refractivity contribution is 7.98. The van der Waals surface area contributed by atoms with Crippen LogP contribution in [0.5, 0.6) is 0 Å². The Morgan fingerprint density at radius 1 is 1.19 bits per heavy atom. The fourth-order valence-electron chi connectivity index (χ4n) is 3.01. The van der Waals surface area contributed by atoms with Gasteiger partial charge in [0.25, 0.3) is 0 Å². The van der Waals surface area contributed by atoms with Crippen molar-refractivity contribution >= 4 is 23.4 Å². The molecule has 118 valence electrons. The van der Waals surface area contributed by atoms with Gasteiger partial charge in [0.05, 0.1) is 0 Å². The summed E-state index contributed by atoms with van der Waals surface area (Å²) in [6.07, 6.45) is 9.68. The molecule has 0 spiro atoms. The van der Waals surface area contributed by atoms with Crippen molar-refractivity contribution in [3.63, 3.8) is 0 Å². The highest BCUT2D eigenvalue weighted by Crippen LogP contribution is 2.29. The summed E-state index contributed by atoms with van der Waals surface area (Å²) in [5.41, 5.74) is 0. The summed E-state index contributed by atoms with van der Waals surface area (Å²) in [5.74, 6) is 2.68. The minimum absolute atomic E-state index is 0.562. The van der Waals surface area contributed by atoms with Gasteiger partial charge in [-0.2, -0.15) is 0 Å². The third kappa shape index (κ3) is 4.77. The van der Waals surface area contributed by atoms with Crippen molar-refractivity contribution in [1.82, 2.24) is 9.97 Å². The first-order chi connectivity index (χ1) is 10.3. The Morgan fingerprint density at radius 2 is 1.95 bits per heavy atom. The van der Waals surface area contributed by atoms with E-state index in [4.69, 9.17) is 0 Å². The maximum absolute atomic E-state index is 4.62. The fourth-order valence-corrected chi connectivity index (χ4v) is 3.39. The summed E-state index contributed by atoms with van der Waals surface area (Å²) in [6.45, 7) is 5.41. The van der Waals surface area contributed by atoms with Gasteiger partial charge in [0.1, 0.15) is 11.6 Å². The zero-order chi connectivity index (χ0) is 15.1. The van der Waals surface area contributed by atoms with E-state index < -0.39 is 0 Å². The first-order valence-electron chi connectivity index (χ1n) is 8.20. The number of aromatic nitrogens is 2. The van der Waals surface area contributed by atoms with Gasteiger partial charge in [-0.05, 0) is 31.4 Å². The minimum atomic E-state index is 0.562. The van der Waals surface area contributed by atoms with Gasteiger partial charge in [0, 0.05) is 18.7 Å². The summed E-state index contributed by atoms with van der Waals surface area (Å²) in [4.78, 5) is 9.15. The highest BCUT2D eigenvalue weighted by atomic mass is 32.2. The molecule has 2 N–H and O–H groups in total. The molecule has 1 aliphatic carbocycles. The number of hydrogen-bond donors (Lipinski definition) is 2. The Labute approximate surface area is 132 Å². The van der Waals surface area contributed by atoms with Crippen molar-refractivity contribution in [3.8, 4) is 0 Å². The lowest BCUT2D eigenvalue weighted by Crippen LogP contribution is -2.32. The van der Waals surface area contributed by atoms with Crippen LogP contribution < -0.4 is 10.6 Å². The molecule has 1 heterocycles. The second kappa shape index (κ2) is 8.47. The normalized spacial score (nSPS) is 22.0. The van der Waals surface area contributed by atoms with Gasteiger partial charge in [0.15, 0.2) is 5.16 Å². The van der Waals surface area contributed by atoms with Crippen LogP contribution in [0.15, 0.2) is 11.2 Å². The maximum Gasteiger partial charge on any atom is 0.191 e. The van der Waals surface area contributed by atoms with E-state index in [0.717, 1.165) is 35.7 Å². The van der Waals surface area contributed by atoms with Crippen LogP contribution in [0.2, 0.25) is 0 Å². The van der Waals surface area contributed by atoms with Crippen molar-refractivity contribution in [1.29, 1.82) is 0 Å². The molecule has 1 aromatic rings. The molecule has 2 rings (SSSR count). The SMILES string of the molecule is CCCNc1cc(NC2CCCCC2CC)nc(SC)n1. The predicted octanol–water partition coefficient (Wildman–Crippen LogP) is 4.40. The van der Waals surface area contributed by atoms with Crippen molar-refractivity contribution < 1.29 is 0 Å². The molecule has 1 saturated carbocycles. The lowest BCUT2D eigenvalue weighted by atomic mass is 9.83. The Bertz CT molecular complexity index is 438. The van der Waals surface area contributed by atoms with E-state index in [1.807, 2.05) is 6.26 Å². The van der Waals surface area contributed by atoms with E-state index in [1.165, 1.54) is 32.1 Å². The van der Waals surface area contributed by atoms with E-state index in [-0.39, 0.29) is 0 Å². The molecule has 21 heavy (non-hydrogen) atoms. The Morgan fingerprint density at radius 3 is 2.67 bits per heavy atom. The molecule has 2 atom stereocenters. The fraction of sp³-hybridized carbons (Fsp3) is 0.750. The lowest BCUT2D eigenvalue weighted by molar-refractivity contribution is 0.316. The third-order valence-corrected chi connectivity index (χ3v) is 4.76. The Balaban J connectivity index is 2.10. The topological polar surface area (TPSA) is 49.8 Å². The predicted molar refractivity (Wildman–Crippen MR) is 92.3 cm³/mol. The summed E-state index contributed by atoms with van der Waals surface area (Å²) in [5, 5.41) is 7.87. The molecule has 0 aromatic carbocycles. The van der Waals surface area contributed by atoms with E-state index >= 15 is 0 Å². The molecule has 0 aliphatic heterocycles. The van der Waals surface area contributed by atoms with Crippen LogP contribution in [0.3, 0.4) is 0 Å². The maximum atomic E-state index is 4.62. The van der Waals surface area contributed by atoms with Crippen LogP contribution in [0.4, 0.5) is 11.6 Å². The lowest BCUT2D eigenvalue weighted by Gasteiger charge is -2.32. The largest absolute Gasteiger partial charge is 0.370 e. The molecular weight excluding hydrogens is 280 g/mol. The monoisotopic (exact) mass is 308 g/mol. The highest BCUT2D eigenvalue weighted by Gasteiger charge is 2.24. The van der Waals surface area contributed by atoms with Crippen molar-refractivity contribution in [3.05, 3.63) is 6.07 Å². The molecule has 0 saturated heterocycles. The average molecular weight is 308 g/mol. The number of anilines is 2. The second-order valence-corrected chi connectivity index (χ2v) is 6.53. The van der Waals surface area contributed by atoms with Crippen molar-refractivity contribution in [2.24, 2.45) is 5.92 Å². The molecule has 1 aromatic heterocycles. The summed E-state index contributed by atoms with van der Waals surface area (Å²) in [6, 6.07) is 2.61. The third-order valence-electron chi connectivity index (χ3n) is 4.21. The standard InChI is InChI=1S/C16H28N4S/c1-4-10-17-14-11-15(20-16(19-14)21-3)18-13-9-7-6-8-12(13)5-2/h11-13H,4-10H2,1-3H3,(H2,17,18,19,20). The first kappa shape index (κ1) is 16.4. The smallest absolute Gasteiger partial charge is 0.191 e. The number of hydrogen-bond acceptors (Lipinski definition) is 5. The molecule has 0 radical (unpaired) electrons. The molecule has 2 unspecified atom stereocenters. The molecule has 0 amide bonds. The van der Waals surface area contributed by atoms with Gasteiger partial charge in [-0.1, -0.05) is 44.9 Å². The average Bonchev–Trinajstić information content (AvgIpc) is 2.53. The number of rotatable bonds is 7. The number of nitrogens with one attached hydrogen (secondary N) is 2. The van der Waals surface area contributed by atoms with E-state index in [2.05, 4.69) is 40.5 Å². The van der Waals surface area contributed by atoms with Gasteiger partial charge in [-0.25, -0.2) is 9.97 Å². The van der Waals surface area contributed by atoms with Gasteiger partial charge in [-0.15, -0.1) is 0 Å². The summed E-state index contributed by atoms with van der Waals surface area (Å²) in [7, 11) is 0. The molecule has 1 aliphatic rings.